The summed E-state index contributed by atoms with van der Waals surface area (Å²) in [7, 11) is 0. The predicted molar refractivity (Wildman–Crippen MR) is 331 cm³/mol. The first-order valence-corrected chi connectivity index (χ1v) is 27.3. The first kappa shape index (κ1) is 49.3. The zero-order chi connectivity index (χ0) is 53.2. The summed E-state index contributed by atoms with van der Waals surface area (Å²) in [4.78, 5) is 10.00. The largest absolute Gasteiger partial charge is 0.311 e. The fraction of sp³-hybridized carbons (Fsp3) is 0.167. The van der Waals surface area contributed by atoms with Crippen LogP contribution >= 0.6 is 0 Å². The van der Waals surface area contributed by atoms with Gasteiger partial charge in [-0.25, -0.2) is 0 Å². The third-order valence-electron chi connectivity index (χ3n) is 15.7. The van der Waals surface area contributed by atoms with E-state index in [1.165, 1.54) is 55.6 Å². The Morgan fingerprint density at radius 3 is 1.12 bits per heavy atom. The highest BCUT2D eigenvalue weighted by atomic mass is 15.2. The Labute approximate surface area is 457 Å². The zero-order valence-corrected chi connectivity index (χ0v) is 46.0. The molecule has 5 heteroatoms. The van der Waals surface area contributed by atoms with Crippen LogP contribution in [0.2, 0.25) is 0 Å². The second-order valence-corrected chi connectivity index (χ2v) is 23.9. The SMILES string of the molecule is CC(C)(C)c1ccc(N2c3cc(N(c4ccccc4)c4ccccc4)ccc3B3c4ccc(N(c5ccccc5)c5ccccc5)cc4N(c4ccc(C(C)(C)C)cc4-c4ccccc4)c4cc(C(C)(C)C)cc2c43)cc1. The van der Waals surface area contributed by atoms with Gasteiger partial charge in [0, 0.05) is 68.1 Å². The Kier molecular flexibility index (Phi) is 12.3. The monoisotopic (exact) mass is 999 g/mol. The molecule has 0 fully saturated rings. The van der Waals surface area contributed by atoms with E-state index in [0.717, 1.165) is 56.9 Å². The highest BCUT2D eigenvalue weighted by molar-refractivity contribution is 7.00. The number of para-hydroxylation sites is 4. The van der Waals surface area contributed by atoms with Crippen LogP contribution in [-0.2, 0) is 16.2 Å². The molecule has 2 aliphatic heterocycles. The first-order valence-electron chi connectivity index (χ1n) is 27.3. The maximum Gasteiger partial charge on any atom is 0.252 e. The summed E-state index contributed by atoms with van der Waals surface area (Å²) in [6.07, 6.45) is 0. The van der Waals surface area contributed by atoms with Crippen molar-refractivity contribution in [2.45, 2.75) is 78.6 Å². The molecule has 0 aliphatic carbocycles. The van der Waals surface area contributed by atoms with Gasteiger partial charge in [-0.15, -0.1) is 0 Å². The summed E-state index contributed by atoms with van der Waals surface area (Å²) in [6.45, 7) is 20.8. The molecule has 12 rings (SSSR count). The fourth-order valence-electron chi connectivity index (χ4n) is 11.6. The summed E-state index contributed by atoms with van der Waals surface area (Å²) in [5, 5.41) is 0. The molecule has 0 N–H and O–H groups in total. The third kappa shape index (κ3) is 9.08. The molecule has 0 unspecified atom stereocenters. The first-order chi connectivity index (χ1) is 37.1. The zero-order valence-electron chi connectivity index (χ0n) is 46.0. The highest BCUT2D eigenvalue weighted by Gasteiger charge is 2.45. The average Bonchev–Trinajstić information content (AvgIpc) is 3.63. The van der Waals surface area contributed by atoms with Gasteiger partial charge < -0.3 is 19.6 Å². The number of hydrogen-bond acceptors (Lipinski definition) is 4. The van der Waals surface area contributed by atoms with Gasteiger partial charge in [0.2, 0.25) is 0 Å². The van der Waals surface area contributed by atoms with Crippen molar-refractivity contribution in [1.82, 2.24) is 0 Å². The van der Waals surface area contributed by atoms with Gasteiger partial charge in [-0.1, -0.05) is 196 Å². The van der Waals surface area contributed by atoms with E-state index < -0.39 is 0 Å². The molecule has 0 saturated heterocycles. The number of hydrogen-bond donors (Lipinski definition) is 0. The molecule has 2 heterocycles. The van der Waals surface area contributed by atoms with E-state index in [1.807, 2.05) is 0 Å². The van der Waals surface area contributed by atoms with Gasteiger partial charge >= 0.3 is 0 Å². The van der Waals surface area contributed by atoms with Crippen LogP contribution in [0.25, 0.3) is 11.1 Å². The van der Waals surface area contributed by atoms with Crippen molar-refractivity contribution in [1.29, 1.82) is 0 Å². The average molecular weight is 999 g/mol. The summed E-state index contributed by atoms with van der Waals surface area (Å²) >= 11 is 0. The van der Waals surface area contributed by atoms with Crippen LogP contribution in [0.3, 0.4) is 0 Å². The van der Waals surface area contributed by atoms with Crippen molar-refractivity contribution in [2.75, 3.05) is 19.6 Å². The van der Waals surface area contributed by atoms with Gasteiger partial charge in [-0.05, 0) is 164 Å². The van der Waals surface area contributed by atoms with Crippen molar-refractivity contribution in [3.8, 4) is 11.1 Å². The lowest BCUT2D eigenvalue weighted by atomic mass is 9.33. The molecule has 2 aliphatic rings. The topological polar surface area (TPSA) is 13.0 Å². The van der Waals surface area contributed by atoms with Crippen LogP contribution < -0.4 is 36.0 Å². The molecule has 0 spiro atoms. The molecule has 10 aromatic rings. The Morgan fingerprint density at radius 1 is 0.299 bits per heavy atom. The molecule has 77 heavy (non-hydrogen) atoms. The van der Waals surface area contributed by atoms with Gasteiger partial charge in [0.05, 0.1) is 5.69 Å². The molecule has 0 saturated carbocycles. The van der Waals surface area contributed by atoms with Crippen LogP contribution in [0.4, 0.5) is 68.2 Å². The Bertz CT molecular complexity index is 3670. The molecule has 0 amide bonds. The van der Waals surface area contributed by atoms with Gasteiger partial charge in [0.15, 0.2) is 0 Å². The van der Waals surface area contributed by atoms with Crippen LogP contribution in [-0.4, -0.2) is 6.71 Å². The molecule has 0 aromatic heterocycles. The number of nitrogens with zero attached hydrogens (tertiary/aromatic N) is 4. The summed E-state index contributed by atoms with van der Waals surface area (Å²) in [6, 6.07) is 90.3. The lowest BCUT2D eigenvalue weighted by Gasteiger charge is -2.46. The van der Waals surface area contributed by atoms with Gasteiger partial charge in [0.25, 0.3) is 6.71 Å². The molecule has 0 radical (unpaired) electrons. The van der Waals surface area contributed by atoms with Crippen molar-refractivity contribution in [3.05, 3.63) is 259 Å². The minimum atomic E-state index is -0.202. The van der Waals surface area contributed by atoms with Crippen LogP contribution in [0.15, 0.2) is 243 Å². The fourth-order valence-corrected chi connectivity index (χ4v) is 11.6. The van der Waals surface area contributed by atoms with Crippen molar-refractivity contribution >= 4 is 91.3 Å². The summed E-state index contributed by atoms with van der Waals surface area (Å²) in [5.74, 6) is 0. The second kappa shape index (κ2) is 19.2. The number of fused-ring (bicyclic) bond motifs is 4. The Hall–Kier alpha value is -8.54. The molecular formula is C72H67BN4. The molecule has 0 bridgehead atoms. The summed E-state index contributed by atoms with van der Waals surface area (Å²) in [5.41, 5.74) is 23.3. The van der Waals surface area contributed by atoms with Crippen LogP contribution in [0, 0.1) is 0 Å². The van der Waals surface area contributed by atoms with E-state index >= 15 is 0 Å². The number of benzene rings is 10. The molecule has 10 aromatic carbocycles. The van der Waals surface area contributed by atoms with Crippen molar-refractivity contribution in [2.24, 2.45) is 0 Å². The van der Waals surface area contributed by atoms with E-state index in [4.69, 9.17) is 0 Å². The maximum atomic E-state index is 2.62. The molecule has 378 valence electrons. The highest BCUT2D eigenvalue weighted by Crippen LogP contribution is 2.51. The van der Waals surface area contributed by atoms with E-state index in [2.05, 4.69) is 325 Å². The third-order valence-corrected chi connectivity index (χ3v) is 15.7. The summed E-state index contributed by atoms with van der Waals surface area (Å²) < 4.78 is 0. The van der Waals surface area contributed by atoms with Crippen LogP contribution in [0.1, 0.15) is 79.0 Å². The number of anilines is 12. The standard InChI is InChI=1S/C72H67BN4/c1-70(2,3)51-35-38-58(39-36-51)76-65-48-59(74(54-27-17-11-18-28-54)55-29-19-12-20-30-55)40-42-62(65)73-63-43-41-60(75(56-31-21-13-22-32-56)57-33-23-14-24-34-57)49-66(63)77(68-47-53(72(7,8)9)46-67(76)69(68)73)64-44-37-52(71(4,5)6)45-61(64)50-25-15-10-16-26-50/h10-49H,1-9H3. The van der Waals surface area contributed by atoms with Gasteiger partial charge in [-0.2, -0.15) is 0 Å². The predicted octanol–water partition coefficient (Wildman–Crippen LogP) is 18.3. The second-order valence-electron chi connectivity index (χ2n) is 23.9. The molecule has 0 atom stereocenters. The Balaban J connectivity index is 1.20. The van der Waals surface area contributed by atoms with E-state index in [1.54, 1.807) is 0 Å². The van der Waals surface area contributed by atoms with Gasteiger partial charge in [0.1, 0.15) is 0 Å². The maximum absolute atomic E-state index is 2.62. The molecule has 4 nitrogen and oxygen atoms in total. The lowest BCUT2D eigenvalue weighted by molar-refractivity contribution is 0.590. The van der Waals surface area contributed by atoms with E-state index in [-0.39, 0.29) is 23.0 Å². The van der Waals surface area contributed by atoms with E-state index in [9.17, 15) is 0 Å². The van der Waals surface area contributed by atoms with Crippen LogP contribution in [0.5, 0.6) is 0 Å². The van der Waals surface area contributed by atoms with Gasteiger partial charge in [-0.3, -0.25) is 0 Å². The quantitative estimate of drug-likeness (QED) is 0.134. The van der Waals surface area contributed by atoms with Crippen molar-refractivity contribution < 1.29 is 0 Å². The normalized spacial score (nSPS) is 12.9. The smallest absolute Gasteiger partial charge is 0.252 e. The lowest BCUT2D eigenvalue weighted by Crippen LogP contribution is -2.61. The Morgan fingerprint density at radius 2 is 0.688 bits per heavy atom. The molecular weight excluding hydrogens is 932 g/mol. The minimum Gasteiger partial charge on any atom is -0.311 e. The van der Waals surface area contributed by atoms with Crippen molar-refractivity contribution in [3.63, 3.8) is 0 Å². The van der Waals surface area contributed by atoms with E-state index in [0.29, 0.717) is 0 Å². The minimum absolute atomic E-state index is 0.00749. The number of rotatable bonds is 9.